The molecule has 1 atom stereocenters. The Hall–Kier alpha value is -3.53. The van der Waals surface area contributed by atoms with E-state index in [4.69, 9.17) is 33.9 Å². The van der Waals surface area contributed by atoms with Gasteiger partial charge in [-0.2, -0.15) is 0 Å². The van der Waals surface area contributed by atoms with Crippen molar-refractivity contribution in [1.29, 1.82) is 0 Å². The van der Waals surface area contributed by atoms with Crippen molar-refractivity contribution < 1.29 is 9.00 Å². The molecule has 0 saturated carbocycles. The fourth-order valence-electron chi connectivity index (χ4n) is 3.75. The summed E-state index contributed by atoms with van der Waals surface area (Å²) in [6, 6.07) is 24.2. The summed E-state index contributed by atoms with van der Waals surface area (Å²) in [5.74, 6) is -0.239. The van der Waals surface area contributed by atoms with Gasteiger partial charge in [0, 0.05) is 46.9 Å². The maximum Gasteiger partial charge on any atom is 0.255 e. The molecule has 0 bridgehead atoms. The zero-order valence-corrected chi connectivity index (χ0v) is 25.3. The number of nitrogens with zero attached hydrogens (tertiary/aromatic N) is 2. The number of anilines is 2. The highest BCUT2D eigenvalue weighted by Gasteiger charge is 2.20. The highest BCUT2D eigenvalue weighted by molar-refractivity contribution is 7.84. The molecule has 1 saturated heterocycles. The van der Waals surface area contributed by atoms with Crippen LogP contribution in [-0.4, -0.2) is 34.7 Å². The Kier molecular flexibility index (Phi) is 12.5. The fraction of sp³-hybridized carbons (Fsp3) is 0.161. The molecule has 4 N–H and O–H groups in total. The van der Waals surface area contributed by atoms with Crippen LogP contribution in [0.3, 0.4) is 0 Å². The van der Waals surface area contributed by atoms with Crippen molar-refractivity contribution >= 4 is 62.6 Å². The quantitative estimate of drug-likeness (QED) is 0.210. The van der Waals surface area contributed by atoms with Crippen molar-refractivity contribution in [3.05, 3.63) is 113 Å². The molecule has 1 unspecified atom stereocenters. The van der Waals surface area contributed by atoms with Crippen LogP contribution in [0.5, 0.6) is 0 Å². The predicted octanol–water partition coefficient (Wildman–Crippen LogP) is 7.08. The van der Waals surface area contributed by atoms with Crippen molar-refractivity contribution in [3.63, 3.8) is 0 Å². The Labute approximate surface area is 253 Å². The number of para-hydroxylation sites is 1. The second-order valence-electron chi connectivity index (χ2n) is 8.81. The van der Waals surface area contributed by atoms with Crippen LogP contribution in [0.25, 0.3) is 22.2 Å². The second-order valence-corrected chi connectivity index (χ2v) is 11.1. The number of hydrogen-bond donors (Lipinski definition) is 3. The molecule has 7 nitrogen and oxygen atoms in total. The van der Waals surface area contributed by atoms with E-state index in [2.05, 4.69) is 16.6 Å². The third kappa shape index (κ3) is 9.52. The largest absolute Gasteiger partial charge is 0.327 e. The Morgan fingerprint density at radius 2 is 1.85 bits per heavy atom. The molecule has 5 rings (SSSR count). The number of nitrogens with one attached hydrogen (secondary N) is 2. The molecule has 214 valence electrons. The summed E-state index contributed by atoms with van der Waals surface area (Å²) >= 11 is 10.3. The number of rotatable bonds is 5. The molecule has 1 amide bonds. The summed E-state index contributed by atoms with van der Waals surface area (Å²) in [6.07, 6.45) is 3.83. The highest BCUT2D eigenvalue weighted by atomic mass is 35.5. The number of fused-ring (bicyclic) bond motifs is 1. The minimum absolute atomic E-state index is 0.239. The van der Waals surface area contributed by atoms with Gasteiger partial charge in [0.05, 0.1) is 21.9 Å². The van der Waals surface area contributed by atoms with Gasteiger partial charge in [0.15, 0.2) is 11.2 Å². The molecule has 0 aliphatic carbocycles. The van der Waals surface area contributed by atoms with Gasteiger partial charge in [-0.1, -0.05) is 66.2 Å². The van der Waals surface area contributed by atoms with Crippen LogP contribution in [-0.2, 0) is 11.2 Å². The summed E-state index contributed by atoms with van der Waals surface area (Å²) in [5.41, 5.74) is 9.35. The van der Waals surface area contributed by atoms with Gasteiger partial charge in [0.25, 0.3) is 5.91 Å². The first-order valence-corrected chi connectivity index (χ1v) is 14.7. The number of allylic oxidation sites excluding steroid dienone is 2. The number of carbonyl (C=O) groups is 1. The third-order valence-electron chi connectivity index (χ3n) is 5.63. The lowest BCUT2D eigenvalue weighted by atomic mass is 10.1. The van der Waals surface area contributed by atoms with E-state index in [9.17, 15) is 9.00 Å². The molecule has 1 aliphatic rings. The van der Waals surface area contributed by atoms with Gasteiger partial charge in [0.2, 0.25) is 0 Å². The van der Waals surface area contributed by atoms with Crippen LogP contribution in [0.15, 0.2) is 103 Å². The summed E-state index contributed by atoms with van der Waals surface area (Å²) in [5, 5.41) is 5.17. The molecule has 1 aromatic heterocycles. The van der Waals surface area contributed by atoms with E-state index >= 15 is 0 Å². The van der Waals surface area contributed by atoms with E-state index in [1.807, 2.05) is 61.5 Å². The SMILES string of the molecule is C/C=C\CN.C=C(C)Cl.O=C(Nc1ccc(Cl)c(-c2ccc3ccccc3n2)c1)c1ccc(N2CCNS2=O)cc1. The number of benzene rings is 3. The number of amides is 1. The van der Waals surface area contributed by atoms with Crippen LogP contribution >= 0.6 is 23.2 Å². The van der Waals surface area contributed by atoms with Gasteiger partial charge in [0.1, 0.15) is 0 Å². The van der Waals surface area contributed by atoms with E-state index in [0.717, 1.165) is 27.8 Å². The molecule has 2 heterocycles. The molecule has 4 aromatic rings. The number of carbonyl (C=O) groups excluding carboxylic acids is 1. The van der Waals surface area contributed by atoms with E-state index in [1.165, 1.54) is 0 Å². The number of nitrogens with two attached hydrogens (primary N) is 1. The Morgan fingerprint density at radius 3 is 2.46 bits per heavy atom. The zero-order valence-electron chi connectivity index (χ0n) is 22.9. The smallest absolute Gasteiger partial charge is 0.255 e. The van der Waals surface area contributed by atoms with Gasteiger partial charge in [-0.25, -0.2) is 13.9 Å². The topological polar surface area (TPSA) is 100 Å². The minimum atomic E-state index is -1.23. The number of aromatic nitrogens is 1. The fourth-order valence-corrected chi connectivity index (χ4v) is 4.96. The standard InChI is InChI=1S/C24H19ClN4O2S.C4H9N.C3H5Cl/c25-21-11-8-18(15-20(21)23-12-7-16-3-1-2-4-22(16)28-23)27-24(30)17-5-9-19(10-6-17)29-14-13-26-32(29)31;1-2-3-4-5;1-3(2)4/h1-12,15,26H,13-14H2,(H,27,30);2-3H,4-5H2,1H3;1H2,2H3/b;3-2-;. The van der Waals surface area contributed by atoms with Crippen molar-refractivity contribution in [1.82, 2.24) is 9.71 Å². The zero-order chi connectivity index (χ0) is 29.8. The lowest BCUT2D eigenvalue weighted by Crippen LogP contribution is -2.22. The van der Waals surface area contributed by atoms with Crippen LogP contribution < -0.4 is 20.1 Å². The lowest BCUT2D eigenvalue weighted by molar-refractivity contribution is 0.102. The molecule has 3 aromatic carbocycles. The van der Waals surface area contributed by atoms with Crippen LogP contribution in [0.2, 0.25) is 5.02 Å². The minimum Gasteiger partial charge on any atom is -0.327 e. The first kappa shape index (κ1) is 32.0. The number of hydrogen-bond acceptors (Lipinski definition) is 4. The molecule has 1 fully saturated rings. The first-order chi connectivity index (χ1) is 19.7. The third-order valence-corrected chi connectivity index (χ3v) is 7.20. The van der Waals surface area contributed by atoms with Crippen molar-refractivity contribution in [2.45, 2.75) is 13.8 Å². The summed E-state index contributed by atoms with van der Waals surface area (Å²) < 4.78 is 16.5. The lowest BCUT2D eigenvalue weighted by Gasteiger charge is -2.15. The summed E-state index contributed by atoms with van der Waals surface area (Å²) in [7, 11) is 0. The monoisotopic (exact) mass is 609 g/mol. The summed E-state index contributed by atoms with van der Waals surface area (Å²) in [4.78, 5) is 17.5. The average molecular weight is 611 g/mol. The van der Waals surface area contributed by atoms with E-state index in [-0.39, 0.29) is 5.91 Å². The maximum atomic E-state index is 12.8. The van der Waals surface area contributed by atoms with Crippen LogP contribution in [0.4, 0.5) is 11.4 Å². The van der Waals surface area contributed by atoms with Crippen LogP contribution in [0, 0.1) is 0 Å². The Morgan fingerprint density at radius 1 is 1.15 bits per heavy atom. The average Bonchev–Trinajstić information content (AvgIpc) is 3.40. The molecule has 10 heteroatoms. The van der Waals surface area contributed by atoms with Gasteiger partial charge in [-0.15, -0.1) is 0 Å². The Balaban J connectivity index is 0.000000451. The van der Waals surface area contributed by atoms with E-state index in [0.29, 0.717) is 40.9 Å². The van der Waals surface area contributed by atoms with Gasteiger partial charge < -0.3 is 11.1 Å². The number of pyridine rings is 1. The molecule has 41 heavy (non-hydrogen) atoms. The van der Waals surface area contributed by atoms with Gasteiger partial charge in [-0.3, -0.25) is 9.10 Å². The van der Waals surface area contributed by atoms with E-state index < -0.39 is 11.2 Å². The normalized spacial score (nSPS) is 14.2. The van der Waals surface area contributed by atoms with Gasteiger partial charge >= 0.3 is 0 Å². The predicted molar refractivity (Wildman–Crippen MR) is 175 cm³/mol. The molecular weight excluding hydrogens is 577 g/mol. The van der Waals surface area contributed by atoms with E-state index in [1.54, 1.807) is 47.6 Å². The molecule has 1 aliphatic heterocycles. The van der Waals surface area contributed by atoms with Crippen molar-refractivity contribution in [2.24, 2.45) is 5.73 Å². The van der Waals surface area contributed by atoms with Crippen molar-refractivity contribution in [3.8, 4) is 11.3 Å². The number of halogens is 2. The van der Waals surface area contributed by atoms with Crippen molar-refractivity contribution in [2.75, 3.05) is 29.3 Å². The van der Waals surface area contributed by atoms with Gasteiger partial charge in [-0.05, 0) is 68.4 Å². The summed E-state index contributed by atoms with van der Waals surface area (Å²) in [6.45, 7) is 9.00. The highest BCUT2D eigenvalue weighted by Crippen LogP contribution is 2.31. The van der Waals surface area contributed by atoms with Crippen LogP contribution in [0.1, 0.15) is 24.2 Å². The first-order valence-electron chi connectivity index (χ1n) is 12.9. The molecule has 0 spiro atoms. The Bertz CT molecular complexity index is 1540. The molecule has 0 radical (unpaired) electrons. The maximum absolute atomic E-state index is 12.8. The molecular formula is C31H33Cl2N5O2S. The second kappa shape index (κ2) is 16.0.